The fourth-order valence-electron chi connectivity index (χ4n) is 2.55. The second-order valence-electron chi connectivity index (χ2n) is 5.43. The summed E-state index contributed by atoms with van der Waals surface area (Å²) in [6.45, 7) is 1.49. The fraction of sp³-hybridized carbons (Fsp3) is 0.125. The number of hydrogen-bond acceptors (Lipinski definition) is 8. The van der Waals surface area contributed by atoms with Gasteiger partial charge in [0.1, 0.15) is 10.4 Å². The molecule has 0 aliphatic rings. The van der Waals surface area contributed by atoms with E-state index in [9.17, 15) is 5.11 Å². The smallest absolute Gasteiger partial charge is 0.233 e. The molecule has 4 heterocycles. The van der Waals surface area contributed by atoms with Crippen molar-refractivity contribution < 1.29 is 5.11 Å². The maximum Gasteiger partial charge on any atom is 0.233 e. The highest BCUT2D eigenvalue weighted by atomic mass is 127. The maximum absolute atomic E-state index is 10.3. The molecule has 0 fully saturated rings. The summed E-state index contributed by atoms with van der Waals surface area (Å²) in [5.41, 5.74) is 6.00. The molecule has 8 nitrogen and oxygen atoms in total. The summed E-state index contributed by atoms with van der Waals surface area (Å²) in [6, 6.07) is 5.71. The quantitative estimate of drug-likeness (QED) is 0.169. The highest BCUT2D eigenvalue weighted by Gasteiger charge is 2.16. The first kappa shape index (κ1) is 17.3. The number of nitrogens with zero attached hydrogens (tertiary/aromatic N) is 5. The fourth-order valence-corrected chi connectivity index (χ4v) is 3.71. The predicted octanol–water partition coefficient (Wildman–Crippen LogP) is 2.77. The lowest BCUT2D eigenvalue weighted by atomic mass is 10.2. The molecule has 0 atom stereocenters. The average Bonchev–Trinajstić information content (AvgIpc) is 3.30. The summed E-state index contributed by atoms with van der Waals surface area (Å²) >= 11 is 3.43. The number of pyridine rings is 1. The summed E-state index contributed by atoms with van der Waals surface area (Å²) in [7, 11) is 0. The van der Waals surface area contributed by atoms with Gasteiger partial charge in [-0.1, -0.05) is 6.07 Å². The number of thiophene rings is 1. The Labute approximate surface area is 166 Å². The van der Waals surface area contributed by atoms with E-state index in [1.54, 1.807) is 12.5 Å². The lowest BCUT2D eigenvalue weighted by Crippen LogP contribution is -2.26. The van der Waals surface area contributed by atoms with Crippen LogP contribution in [0.1, 0.15) is 0 Å². The minimum atomic E-state index is -0.0393. The lowest BCUT2D eigenvalue weighted by molar-refractivity contribution is 0.461. The average molecular weight is 479 g/mol. The van der Waals surface area contributed by atoms with Gasteiger partial charge in [0.2, 0.25) is 5.88 Å². The second-order valence-corrected chi connectivity index (χ2v) is 6.85. The van der Waals surface area contributed by atoms with E-state index in [4.69, 9.17) is 0 Å². The van der Waals surface area contributed by atoms with Crippen LogP contribution < -0.4 is 9.06 Å². The molecule has 0 amide bonds. The van der Waals surface area contributed by atoms with E-state index >= 15 is 0 Å². The number of nitrogens with one attached hydrogen (secondary N) is 2. The number of rotatable bonds is 6. The Balaban J connectivity index is 1.73. The number of aromatic hydroxyl groups is 1. The normalized spacial score (nSPS) is 11.3. The second kappa shape index (κ2) is 7.61. The monoisotopic (exact) mass is 479 g/mol. The van der Waals surface area contributed by atoms with Crippen molar-refractivity contribution in [3.63, 3.8) is 0 Å². The molecule has 0 unspecified atom stereocenters. The summed E-state index contributed by atoms with van der Waals surface area (Å²) < 4.78 is 5.43. The van der Waals surface area contributed by atoms with Crippen LogP contribution in [0.5, 0.6) is 5.88 Å². The molecule has 4 rings (SSSR count). The molecule has 4 aromatic rings. The van der Waals surface area contributed by atoms with Crippen molar-refractivity contribution in [3.8, 4) is 28.7 Å². The molecule has 0 aliphatic carbocycles. The Hall–Kier alpha value is -2.15. The first-order valence-corrected chi connectivity index (χ1v) is 9.72. The third-order valence-electron chi connectivity index (χ3n) is 3.76. The van der Waals surface area contributed by atoms with E-state index in [-0.39, 0.29) is 5.88 Å². The molecule has 26 heavy (non-hydrogen) atoms. The lowest BCUT2D eigenvalue weighted by Gasteiger charge is -2.02. The van der Waals surface area contributed by atoms with E-state index in [1.807, 2.05) is 57.2 Å². The van der Waals surface area contributed by atoms with Crippen molar-refractivity contribution >= 4 is 44.4 Å². The number of hydrazine groups is 1. The Bertz CT molecular complexity index is 1030. The SMILES string of the molecule is Oc1nc(-c2cn(CCNNI)cn2)nc2c(-c3ccccn3)csc12. The van der Waals surface area contributed by atoms with Gasteiger partial charge in [0.15, 0.2) is 5.82 Å². The van der Waals surface area contributed by atoms with Crippen LogP contribution in [0.4, 0.5) is 0 Å². The van der Waals surface area contributed by atoms with Crippen LogP contribution in [-0.2, 0) is 6.54 Å². The van der Waals surface area contributed by atoms with Crippen LogP contribution in [0.3, 0.4) is 0 Å². The third kappa shape index (κ3) is 3.40. The number of fused-ring (bicyclic) bond motifs is 1. The molecule has 0 saturated heterocycles. The van der Waals surface area contributed by atoms with Crippen LogP contribution in [0.25, 0.3) is 33.0 Å². The molecule has 3 N–H and O–H groups in total. The zero-order chi connectivity index (χ0) is 17.9. The molecular formula is C16H14IN7OS. The molecule has 0 saturated carbocycles. The minimum Gasteiger partial charge on any atom is -0.492 e. The Morgan fingerprint density at radius 3 is 2.92 bits per heavy atom. The minimum absolute atomic E-state index is 0.0393. The van der Waals surface area contributed by atoms with Crippen LogP contribution >= 0.6 is 34.2 Å². The van der Waals surface area contributed by atoms with Gasteiger partial charge in [0.25, 0.3) is 0 Å². The van der Waals surface area contributed by atoms with Crippen LogP contribution in [0, 0.1) is 0 Å². The van der Waals surface area contributed by atoms with Crippen molar-refractivity contribution in [3.05, 3.63) is 42.3 Å². The van der Waals surface area contributed by atoms with E-state index in [0.717, 1.165) is 24.3 Å². The zero-order valence-electron chi connectivity index (χ0n) is 13.4. The van der Waals surface area contributed by atoms with Gasteiger partial charge in [0.05, 0.1) is 17.5 Å². The number of hydrogen-bond donors (Lipinski definition) is 3. The van der Waals surface area contributed by atoms with Gasteiger partial charge in [-0.15, -0.1) is 11.3 Å². The van der Waals surface area contributed by atoms with Gasteiger partial charge >= 0.3 is 0 Å². The molecule has 0 bridgehead atoms. The van der Waals surface area contributed by atoms with Crippen molar-refractivity contribution in [2.75, 3.05) is 6.54 Å². The largest absolute Gasteiger partial charge is 0.492 e. The Morgan fingerprint density at radius 2 is 2.12 bits per heavy atom. The summed E-state index contributed by atoms with van der Waals surface area (Å²) in [5, 5.41) is 12.3. The third-order valence-corrected chi connectivity index (χ3v) is 5.11. The summed E-state index contributed by atoms with van der Waals surface area (Å²) in [6.07, 6.45) is 5.32. The van der Waals surface area contributed by atoms with Gasteiger partial charge in [-0.3, -0.25) is 4.98 Å². The molecule has 132 valence electrons. The molecule has 0 spiro atoms. The molecule has 10 heteroatoms. The zero-order valence-corrected chi connectivity index (χ0v) is 16.4. The number of aromatic nitrogens is 5. The van der Waals surface area contributed by atoms with Gasteiger partial charge in [-0.25, -0.2) is 15.4 Å². The molecular weight excluding hydrogens is 465 g/mol. The Morgan fingerprint density at radius 1 is 1.19 bits per heavy atom. The highest BCUT2D eigenvalue weighted by molar-refractivity contribution is 14.1. The van der Waals surface area contributed by atoms with Crippen molar-refractivity contribution in [2.45, 2.75) is 6.54 Å². The first-order chi connectivity index (χ1) is 12.8. The first-order valence-electron chi connectivity index (χ1n) is 7.76. The van der Waals surface area contributed by atoms with E-state index in [2.05, 4.69) is 29.0 Å². The van der Waals surface area contributed by atoms with Gasteiger partial charge in [-0.2, -0.15) is 8.62 Å². The molecule has 0 aromatic carbocycles. The van der Waals surface area contributed by atoms with E-state index in [1.165, 1.54) is 11.3 Å². The maximum atomic E-state index is 10.3. The van der Waals surface area contributed by atoms with E-state index < -0.39 is 0 Å². The van der Waals surface area contributed by atoms with Crippen LogP contribution in [0.15, 0.2) is 42.3 Å². The summed E-state index contributed by atoms with van der Waals surface area (Å²) in [5.74, 6) is 0.354. The summed E-state index contributed by atoms with van der Waals surface area (Å²) in [4.78, 5) is 17.6. The highest BCUT2D eigenvalue weighted by Crippen LogP contribution is 2.36. The van der Waals surface area contributed by atoms with Gasteiger partial charge in [-0.05, 0) is 12.1 Å². The number of halogens is 1. The number of imidazole rings is 1. The van der Waals surface area contributed by atoms with E-state index in [0.29, 0.717) is 21.7 Å². The van der Waals surface area contributed by atoms with Crippen molar-refractivity contribution in [2.24, 2.45) is 0 Å². The van der Waals surface area contributed by atoms with Gasteiger partial charge < -0.3 is 9.67 Å². The van der Waals surface area contributed by atoms with Crippen LogP contribution in [-0.4, -0.2) is 36.2 Å². The predicted molar refractivity (Wildman–Crippen MR) is 109 cm³/mol. The van der Waals surface area contributed by atoms with Crippen LogP contribution in [0.2, 0.25) is 0 Å². The van der Waals surface area contributed by atoms with Crippen molar-refractivity contribution in [1.29, 1.82) is 0 Å². The van der Waals surface area contributed by atoms with Gasteiger partial charge in [0, 0.05) is 59.3 Å². The molecule has 4 aromatic heterocycles. The molecule has 0 radical (unpaired) electrons. The van der Waals surface area contributed by atoms with Crippen molar-refractivity contribution in [1.82, 2.24) is 33.6 Å². The topological polar surface area (TPSA) is 101 Å². The molecule has 0 aliphatic heterocycles. The Kier molecular flexibility index (Phi) is 5.06. The standard InChI is InChI=1S/C16H14IN7OS/c17-23-20-5-6-24-7-12(19-9-24)15-21-13-10(11-3-1-2-4-18-11)8-26-14(13)16(25)22-15/h1-4,7-9,20,23H,5-6H2,(H,21,22,25).